The molecule has 0 saturated heterocycles. The van der Waals surface area contributed by atoms with E-state index < -0.39 is 19.2 Å². The van der Waals surface area contributed by atoms with Crippen molar-refractivity contribution >= 4 is 32.2 Å². The van der Waals surface area contributed by atoms with Gasteiger partial charge in [-0.15, -0.1) is 0 Å². The Labute approximate surface area is 118 Å². The van der Waals surface area contributed by atoms with Crippen LogP contribution < -0.4 is 7.02 Å². The molecule has 0 aromatic heterocycles. The molecule has 0 atom stereocenters. The molecule has 2 aromatic carbocycles. The van der Waals surface area contributed by atoms with Crippen LogP contribution in [0.15, 0.2) is 73.3 Å². The topological polar surface area (TPSA) is 26.3 Å². The summed E-state index contributed by atoms with van der Waals surface area (Å²) in [5, 5.41) is 0. The van der Waals surface area contributed by atoms with E-state index in [4.69, 9.17) is 3.02 Å². The minimum atomic E-state index is -3.25. The summed E-state index contributed by atoms with van der Waals surface area (Å²) in [5.41, 5.74) is 0. The van der Waals surface area contributed by atoms with Gasteiger partial charge in [-0.2, -0.15) is 0 Å². The summed E-state index contributed by atoms with van der Waals surface area (Å²) in [5.74, 6) is -0.346. The fourth-order valence-corrected chi connectivity index (χ4v) is 8.82. The zero-order valence-corrected chi connectivity index (χ0v) is 13.4. The summed E-state index contributed by atoms with van der Waals surface area (Å²) in [6.07, 6.45) is 1.23. The summed E-state index contributed by atoms with van der Waals surface area (Å²) in [6.45, 7) is 3.49. The first-order valence-electron chi connectivity index (χ1n) is 6.00. The van der Waals surface area contributed by atoms with E-state index >= 15 is 0 Å². The summed E-state index contributed by atoms with van der Waals surface area (Å²) < 4.78 is 8.06. The Hall–Kier alpha value is -1.53. The average molecular weight is 362 g/mol. The van der Waals surface area contributed by atoms with Gasteiger partial charge < -0.3 is 0 Å². The molecule has 2 rings (SSSR count). The van der Waals surface area contributed by atoms with Gasteiger partial charge in [0.15, 0.2) is 0 Å². The fraction of sp³-hybridized carbons (Fsp3) is 0.0625. The zero-order chi connectivity index (χ0) is 13.7. The zero-order valence-electron chi connectivity index (χ0n) is 10.8. The molecular weight excluding hydrogens is 346 g/mol. The van der Waals surface area contributed by atoms with Crippen LogP contribution in [0.25, 0.3) is 0 Å². The van der Waals surface area contributed by atoms with Gasteiger partial charge in [0.1, 0.15) is 0 Å². The molecule has 0 aliphatic rings. The van der Waals surface area contributed by atoms with Gasteiger partial charge in [-0.25, -0.2) is 0 Å². The van der Waals surface area contributed by atoms with Gasteiger partial charge in [0, 0.05) is 0 Å². The van der Waals surface area contributed by atoms with Gasteiger partial charge in [-0.1, -0.05) is 0 Å². The van der Waals surface area contributed by atoms with Gasteiger partial charge in [-0.3, -0.25) is 0 Å². The molecule has 0 N–H and O–H groups in total. The molecule has 2 nitrogen and oxygen atoms in total. The SMILES string of the molecule is C=CC(=O)[O][Sb]([CH3])([c]1ccccc1)[c]1ccccc1. The van der Waals surface area contributed by atoms with E-state index in [1.54, 1.807) is 0 Å². The predicted octanol–water partition coefficient (Wildman–Crippen LogP) is 2.11. The number of carbonyl (C=O) groups is 1. The van der Waals surface area contributed by atoms with Gasteiger partial charge >= 0.3 is 118 Å². The van der Waals surface area contributed by atoms with E-state index in [0.29, 0.717) is 0 Å². The molecule has 2 aromatic rings. The fourth-order valence-electron chi connectivity index (χ4n) is 1.90. The normalized spacial score (nSPS) is 10.8. The van der Waals surface area contributed by atoms with E-state index in [2.05, 4.69) is 11.4 Å². The molecule has 0 spiro atoms. The van der Waals surface area contributed by atoms with E-state index in [0.717, 1.165) is 7.02 Å². The Morgan fingerprint density at radius 3 is 1.79 bits per heavy atom. The third-order valence-electron chi connectivity index (χ3n) is 2.94. The molecular formula is C16H16O2Sb. The third-order valence-corrected chi connectivity index (χ3v) is 11.8. The summed E-state index contributed by atoms with van der Waals surface area (Å²) >= 11 is -3.25. The molecule has 0 unspecified atom stereocenters. The average Bonchev–Trinajstić information content (AvgIpc) is 2.48. The number of hydrogen-bond acceptors (Lipinski definition) is 2. The van der Waals surface area contributed by atoms with Crippen molar-refractivity contribution < 1.29 is 7.81 Å². The quantitative estimate of drug-likeness (QED) is 0.615. The minimum absolute atomic E-state index is 0.346. The molecule has 0 saturated carbocycles. The van der Waals surface area contributed by atoms with Crippen LogP contribution in [-0.4, -0.2) is 25.2 Å². The Morgan fingerprint density at radius 2 is 1.42 bits per heavy atom. The van der Waals surface area contributed by atoms with Crippen LogP contribution >= 0.6 is 0 Å². The van der Waals surface area contributed by atoms with Crippen LogP contribution in [0.1, 0.15) is 0 Å². The van der Waals surface area contributed by atoms with Crippen molar-refractivity contribution in [2.24, 2.45) is 0 Å². The van der Waals surface area contributed by atoms with Crippen LogP contribution in [0.3, 0.4) is 0 Å². The van der Waals surface area contributed by atoms with Crippen LogP contribution in [-0.2, 0) is 7.81 Å². The molecule has 0 bridgehead atoms. The van der Waals surface area contributed by atoms with Crippen LogP contribution in [0, 0.1) is 0 Å². The molecule has 0 fully saturated rings. The van der Waals surface area contributed by atoms with E-state index in [9.17, 15) is 4.79 Å². The van der Waals surface area contributed by atoms with Crippen molar-refractivity contribution in [3.8, 4) is 0 Å². The maximum absolute atomic E-state index is 11.7. The van der Waals surface area contributed by atoms with Crippen molar-refractivity contribution in [1.82, 2.24) is 0 Å². The molecule has 0 amide bonds. The van der Waals surface area contributed by atoms with Gasteiger partial charge in [0.2, 0.25) is 0 Å². The molecule has 97 valence electrons. The van der Waals surface area contributed by atoms with Crippen LogP contribution in [0.2, 0.25) is 4.87 Å². The molecule has 0 heterocycles. The summed E-state index contributed by atoms with van der Waals surface area (Å²) in [6, 6.07) is 20.0. The van der Waals surface area contributed by atoms with Crippen molar-refractivity contribution in [3.05, 3.63) is 73.3 Å². The number of benzene rings is 2. The van der Waals surface area contributed by atoms with Crippen molar-refractivity contribution in [2.75, 3.05) is 0 Å². The summed E-state index contributed by atoms with van der Waals surface area (Å²) in [7, 11) is 0. The second-order valence-corrected chi connectivity index (χ2v) is 13.0. The Morgan fingerprint density at radius 1 is 1.00 bits per heavy atom. The molecule has 0 aliphatic heterocycles. The van der Waals surface area contributed by atoms with Crippen molar-refractivity contribution in [1.29, 1.82) is 0 Å². The molecule has 3 heteroatoms. The first kappa shape index (κ1) is 13.9. The van der Waals surface area contributed by atoms with E-state index in [-0.39, 0.29) is 5.97 Å². The van der Waals surface area contributed by atoms with Crippen LogP contribution in [0.5, 0.6) is 0 Å². The van der Waals surface area contributed by atoms with E-state index in [1.165, 1.54) is 6.08 Å². The summed E-state index contributed by atoms with van der Waals surface area (Å²) in [4.78, 5) is 13.8. The molecule has 0 aliphatic carbocycles. The van der Waals surface area contributed by atoms with Gasteiger partial charge in [0.25, 0.3) is 0 Å². The third kappa shape index (κ3) is 3.08. The Kier molecular flexibility index (Phi) is 4.44. The van der Waals surface area contributed by atoms with Crippen molar-refractivity contribution in [2.45, 2.75) is 4.87 Å². The number of hydrogen-bond donors (Lipinski definition) is 0. The maximum atomic E-state index is 11.7. The standard InChI is InChI=1S/2C6H5.C3H4O2.CH3.Sb/c2*1-2-4-6-5-3-1;1-2-3(4)5;;/h2*1-5H;2H,1H2,(H,4,5);1H3;/q;;;;+1/p-1. The monoisotopic (exact) mass is 361 g/mol. The molecule has 1 radical (unpaired) electrons. The Balaban J connectivity index is 2.50. The molecule has 19 heavy (non-hydrogen) atoms. The van der Waals surface area contributed by atoms with Crippen molar-refractivity contribution in [3.63, 3.8) is 0 Å². The van der Waals surface area contributed by atoms with Gasteiger partial charge in [0.05, 0.1) is 0 Å². The predicted molar refractivity (Wildman–Crippen MR) is 80.1 cm³/mol. The Bertz CT molecular complexity index is 524. The second-order valence-electron chi connectivity index (χ2n) is 4.21. The van der Waals surface area contributed by atoms with E-state index in [1.807, 2.05) is 60.7 Å². The number of carbonyl (C=O) groups excluding carboxylic acids is 1. The second kappa shape index (κ2) is 6.07. The van der Waals surface area contributed by atoms with Gasteiger partial charge in [-0.05, 0) is 0 Å². The first-order valence-corrected chi connectivity index (χ1v) is 12.2. The first-order chi connectivity index (χ1) is 9.16. The number of rotatable bonds is 4. The van der Waals surface area contributed by atoms with Crippen LogP contribution in [0.4, 0.5) is 0 Å².